The molecule has 2 aromatic carbocycles. The first-order valence-corrected chi connectivity index (χ1v) is 18.1. The number of β-lactam (4-membered cyclic amide) rings is 1. The van der Waals surface area contributed by atoms with E-state index in [-0.39, 0.29) is 41.2 Å². The molecule has 0 spiro atoms. The van der Waals surface area contributed by atoms with Gasteiger partial charge in [0.1, 0.15) is 17.1 Å². The lowest BCUT2D eigenvalue weighted by Crippen LogP contribution is -2.70. The highest BCUT2D eigenvalue weighted by atomic mass is 32.2. The normalized spacial score (nSPS) is 19.2. The Morgan fingerprint density at radius 3 is 2.47 bits per heavy atom. The van der Waals surface area contributed by atoms with Crippen LogP contribution in [0.3, 0.4) is 0 Å². The molecule has 1 aromatic heterocycles. The van der Waals surface area contributed by atoms with Crippen molar-refractivity contribution in [3.8, 4) is 5.75 Å². The summed E-state index contributed by atoms with van der Waals surface area (Å²) in [5.41, 5.74) is 3.84. The number of anilines is 1. The number of nitrogens with one attached hydrogen (secondary N) is 2. The third kappa shape index (κ3) is 8.10. The molecule has 4 amide bonds. The first-order valence-electron chi connectivity index (χ1n) is 16.0. The van der Waals surface area contributed by atoms with Crippen LogP contribution < -0.4 is 15.2 Å². The van der Waals surface area contributed by atoms with Gasteiger partial charge in [0.05, 0.1) is 5.75 Å². The molecule has 51 heavy (non-hydrogen) atoms. The predicted molar refractivity (Wildman–Crippen MR) is 188 cm³/mol. The Bertz CT molecular complexity index is 1980. The van der Waals surface area contributed by atoms with Crippen molar-refractivity contribution in [2.75, 3.05) is 23.4 Å². The molecule has 6 rings (SSSR count). The molecule has 4 heterocycles. The molecular formula is C36H35FN5O7S2+. The Labute approximate surface area is 301 Å². The van der Waals surface area contributed by atoms with Crippen molar-refractivity contribution >= 4 is 58.8 Å². The average Bonchev–Trinajstić information content (AvgIpc) is 3.42. The molecule has 264 valence electrons. The Kier molecular flexibility index (Phi) is 10.5. The number of phenolic OH excluding ortho intramolecular Hbond substituents is 1. The second kappa shape index (κ2) is 15.0. The lowest BCUT2D eigenvalue weighted by atomic mass is 10.0. The van der Waals surface area contributed by atoms with Crippen molar-refractivity contribution in [2.45, 2.75) is 49.7 Å². The van der Waals surface area contributed by atoms with Crippen LogP contribution in [0.25, 0.3) is 0 Å². The van der Waals surface area contributed by atoms with Crippen LogP contribution in [0.1, 0.15) is 23.1 Å². The number of aliphatic carboxylic acids is 1. The van der Waals surface area contributed by atoms with Crippen molar-refractivity contribution in [3.05, 3.63) is 106 Å². The fourth-order valence-electron chi connectivity index (χ4n) is 6.17. The number of aromatic hydroxyl groups is 1. The maximum Gasteiger partial charge on any atom is 0.352 e. The number of hydrogen-bond acceptors (Lipinski definition) is 8. The minimum absolute atomic E-state index is 0.0440. The van der Waals surface area contributed by atoms with E-state index in [0.717, 1.165) is 33.7 Å². The van der Waals surface area contributed by atoms with Crippen LogP contribution in [0, 0.1) is 19.7 Å². The molecule has 15 heteroatoms. The number of allylic oxidation sites excluding steroid dienone is 1. The number of aromatic nitrogens is 1. The summed E-state index contributed by atoms with van der Waals surface area (Å²) in [6, 6.07) is 12.3. The van der Waals surface area contributed by atoms with Gasteiger partial charge in [0, 0.05) is 53.2 Å². The number of thioether (sulfide) groups is 2. The second-order valence-electron chi connectivity index (χ2n) is 12.5. The summed E-state index contributed by atoms with van der Waals surface area (Å²) < 4.78 is 15.2. The van der Waals surface area contributed by atoms with Crippen LogP contribution in [0.5, 0.6) is 5.75 Å². The molecule has 4 N–H and O–H groups in total. The number of phenols is 1. The van der Waals surface area contributed by atoms with Crippen molar-refractivity contribution in [1.82, 2.24) is 15.1 Å². The van der Waals surface area contributed by atoms with Gasteiger partial charge in [0.15, 0.2) is 24.0 Å². The third-order valence-electron chi connectivity index (χ3n) is 8.53. The number of rotatable bonds is 11. The van der Waals surface area contributed by atoms with Gasteiger partial charge in [-0.25, -0.2) is 9.18 Å². The monoisotopic (exact) mass is 732 g/mol. The van der Waals surface area contributed by atoms with Gasteiger partial charge in [-0.1, -0.05) is 6.07 Å². The minimum atomic E-state index is -1.28. The van der Waals surface area contributed by atoms with E-state index in [0.29, 0.717) is 30.7 Å². The van der Waals surface area contributed by atoms with Gasteiger partial charge >= 0.3 is 5.97 Å². The summed E-state index contributed by atoms with van der Waals surface area (Å²) in [6.45, 7) is 4.64. The van der Waals surface area contributed by atoms with E-state index >= 15 is 0 Å². The Morgan fingerprint density at radius 1 is 1.06 bits per heavy atom. The Balaban J connectivity index is 1.04. The van der Waals surface area contributed by atoms with Crippen molar-refractivity contribution in [3.63, 3.8) is 0 Å². The van der Waals surface area contributed by atoms with E-state index < -0.39 is 40.8 Å². The smallest absolute Gasteiger partial charge is 0.352 e. The quantitative estimate of drug-likeness (QED) is 0.0763. The SMILES string of the molecule is Cc1cc(C)cc(SCC(=O)N[C@@H]2C(=O)N3C(C(=O)O)=C(/C=C4\CCN(Cc5cc[n+](CC(=O)Nc6ccc(O)c(F)c6)cc5)C4=O)CS[C@H]23)c1. The van der Waals surface area contributed by atoms with Gasteiger partial charge in [0.2, 0.25) is 18.4 Å². The van der Waals surface area contributed by atoms with Crippen molar-refractivity contribution in [2.24, 2.45) is 0 Å². The molecule has 12 nitrogen and oxygen atoms in total. The molecule has 0 aliphatic carbocycles. The number of amides is 4. The molecule has 3 aromatic rings. The number of carbonyl (C=O) groups is 5. The van der Waals surface area contributed by atoms with Gasteiger partial charge in [0.25, 0.3) is 11.8 Å². The van der Waals surface area contributed by atoms with Crippen LogP contribution in [0.4, 0.5) is 10.1 Å². The highest BCUT2D eigenvalue weighted by Gasteiger charge is 2.54. The van der Waals surface area contributed by atoms with Crippen molar-refractivity contribution < 1.29 is 43.1 Å². The lowest BCUT2D eigenvalue weighted by Gasteiger charge is -2.49. The van der Waals surface area contributed by atoms with E-state index in [1.165, 1.54) is 34.5 Å². The number of aryl methyl sites for hydroxylation is 2. The number of carboxylic acids is 1. The van der Waals surface area contributed by atoms with Crippen LogP contribution >= 0.6 is 23.5 Å². The number of nitrogens with zero attached hydrogens (tertiary/aromatic N) is 3. The molecule has 0 unspecified atom stereocenters. The molecule has 0 saturated carbocycles. The predicted octanol–water partition coefficient (Wildman–Crippen LogP) is 3.26. The first kappa shape index (κ1) is 35.7. The first-order chi connectivity index (χ1) is 24.4. The maximum atomic E-state index is 13.6. The summed E-state index contributed by atoms with van der Waals surface area (Å²) in [4.78, 5) is 67.8. The number of likely N-dealkylation sites (tertiary alicyclic amines) is 1. The summed E-state index contributed by atoms with van der Waals surface area (Å²) in [7, 11) is 0. The number of fused-ring (bicyclic) bond motifs is 1. The maximum absolute atomic E-state index is 13.6. The van der Waals surface area contributed by atoms with E-state index in [4.69, 9.17) is 0 Å². The van der Waals surface area contributed by atoms with E-state index in [2.05, 4.69) is 10.6 Å². The number of benzene rings is 2. The molecule has 3 aliphatic rings. The molecule has 0 bridgehead atoms. The number of carboxylic acid groups (broad SMARTS) is 1. The largest absolute Gasteiger partial charge is 0.505 e. The molecule has 2 fully saturated rings. The van der Waals surface area contributed by atoms with Gasteiger partial charge in [-0.05, 0) is 72.9 Å². The topological polar surface area (TPSA) is 160 Å². The summed E-state index contributed by atoms with van der Waals surface area (Å²) in [5, 5.41) is 24.2. The number of carbonyl (C=O) groups excluding carboxylic acids is 4. The third-order valence-corrected chi connectivity index (χ3v) is 10.8. The van der Waals surface area contributed by atoms with Gasteiger partial charge in [-0.15, -0.1) is 23.5 Å². The van der Waals surface area contributed by atoms with Crippen molar-refractivity contribution in [1.29, 1.82) is 0 Å². The molecular weight excluding hydrogens is 698 g/mol. The lowest BCUT2D eigenvalue weighted by molar-refractivity contribution is -0.684. The number of hydrogen-bond donors (Lipinski definition) is 4. The zero-order valence-electron chi connectivity index (χ0n) is 27.7. The van der Waals surface area contributed by atoms with Crippen LogP contribution in [-0.2, 0) is 37.1 Å². The zero-order valence-corrected chi connectivity index (χ0v) is 29.4. The highest BCUT2D eigenvalue weighted by Crippen LogP contribution is 2.41. The van der Waals surface area contributed by atoms with Gasteiger partial charge in [-0.3, -0.25) is 24.1 Å². The molecule has 2 atom stereocenters. The number of halogens is 1. The second-order valence-corrected chi connectivity index (χ2v) is 14.6. The molecule has 2 saturated heterocycles. The van der Waals surface area contributed by atoms with E-state index in [1.807, 2.05) is 32.0 Å². The van der Waals surface area contributed by atoms with Gasteiger partial charge < -0.3 is 25.7 Å². The Hall–Kier alpha value is -5.15. The van der Waals surface area contributed by atoms with Crippen LogP contribution in [-0.4, -0.2) is 79.1 Å². The Morgan fingerprint density at radius 2 is 1.78 bits per heavy atom. The summed E-state index contributed by atoms with van der Waals surface area (Å²) >= 11 is 2.71. The summed E-state index contributed by atoms with van der Waals surface area (Å²) in [6.07, 6.45) is 5.35. The average molecular weight is 733 g/mol. The van der Waals surface area contributed by atoms with Crippen LogP contribution in [0.2, 0.25) is 0 Å². The molecule has 0 radical (unpaired) electrons. The fraction of sp³-hybridized carbons (Fsp3) is 0.278. The summed E-state index contributed by atoms with van der Waals surface area (Å²) in [5.74, 6) is -3.71. The molecule has 3 aliphatic heterocycles. The minimum Gasteiger partial charge on any atom is -0.505 e. The van der Waals surface area contributed by atoms with E-state index in [9.17, 15) is 38.6 Å². The standard InChI is InChI=1S/C36H34FN5O7S2/c1-20-11-21(2)13-26(12-20)50-19-30(45)39-31-34(47)42-32(36(48)49)24(18-51-35(31)42)14-23-7-10-41(33(23)46)16-22-5-8-40(9-6-22)17-29(44)38-25-3-4-28(43)27(37)15-25/h3-6,8-9,11-15,31,35H,7,10,16-19H2,1-2H3,(H3-,38,39,43,44,45,48,49)/p+1/b23-14+/t31-,35-/m1/s1. The van der Waals surface area contributed by atoms with E-state index in [1.54, 1.807) is 40.1 Å². The van der Waals surface area contributed by atoms with Crippen LogP contribution in [0.15, 0.2) is 88.7 Å². The fourth-order valence-corrected chi connectivity index (χ4v) is 8.39. The number of pyridine rings is 1. The van der Waals surface area contributed by atoms with Gasteiger partial charge in [-0.2, -0.15) is 4.57 Å². The highest BCUT2D eigenvalue weighted by molar-refractivity contribution is 8.00. The zero-order chi connectivity index (χ0) is 36.4.